The molecule has 3 rings (SSSR count). The number of rotatable bonds is 6. The molecule has 1 heterocycles. The number of sulfonamides is 1. The van der Waals surface area contributed by atoms with Crippen LogP contribution >= 0.6 is 0 Å². The summed E-state index contributed by atoms with van der Waals surface area (Å²) in [6, 6.07) is 11.9. The van der Waals surface area contributed by atoms with Crippen LogP contribution in [0.5, 0.6) is 0 Å². The summed E-state index contributed by atoms with van der Waals surface area (Å²) in [7, 11) is -3.60. The minimum absolute atomic E-state index is 0.0241. The second kappa shape index (κ2) is 8.13. The summed E-state index contributed by atoms with van der Waals surface area (Å²) in [4.78, 5) is 4.42. The molecule has 0 radical (unpaired) electrons. The highest BCUT2D eigenvalue weighted by molar-refractivity contribution is 7.89. The Bertz CT molecular complexity index is 1060. The molecule has 2 aromatic carbocycles. The molecule has 0 aliphatic rings. The van der Waals surface area contributed by atoms with Crippen molar-refractivity contribution in [2.75, 3.05) is 0 Å². The molecule has 0 atom stereocenters. The largest absolute Gasteiger partial charge is 0.333 e. The Morgan fingerprint density at radius 1 is 1.00 bits per heavy atom. The van der Waals surface area contributed by atoms with Crippen LogP contribution in [0.1, 0.15) is 48.6 Å². The Morgan fingerprint density at radius 3 is 2.10 bits per heavy atom. The number of hydrogen-bond donors (Lipinski definition) is 1. The van der Waals surface area contributed by atoms with E-state index in [1.165, 1.54) is 0 Å². The molecular weight excluding hydrogens is 382 g/mol. The minimum Gasteiger partial charge on any atom is -0.333 e. The first kappa shape index (κ1) is 21.3. The average molecular weight is 412 g/mol. The molecule has 0 aliphatic heterocycles. The van der Waals surface area contributed by atoms with Crippen molar-refractivity contribution in [2.24, 2.45) is 0 Å². The zero-order chi connectivity index (χ0) is 21.2. The van der Waals surface area contributed by atoms with Crippen molar-refractivity contribution >= 4 is 10.0 Å². The van der Waals surface area contributed by atoms with E-state index in [1.54, 1.807) is 12.5 Å². The zero-order valence-corrected chi connectivity index (χ0v) is 18.5. The Labute approximate surface area is 173 Å². The number of aromatic nitrogens is 2. The van der Waals surface area contributed by atoms with Crippen LogP contribution in [0.25, 0.3) is 0 Å². The van der Waals surface area contributed by atoms with Gasteiger partial charge in [-0.1, -0.05) is 57.2 Å². The molecular formula is C23H29N3O2S. The average Bonchev–Trinajstić information content (AvgIpc) is 3.12. The van der Waals surface area contributed by atoms with Crippen LogP contribution in [-0.2, 0) is 28.5 Å². The van der Waals surface area contributed by atoms with Crippen molar-refractivity contribution in [2.45, 2.75) is 58.0 Å². The molecule has 1 N–H and O–H groups in total. The lowest BCUT2D eigenvalue weighted by Gasteiger charge is -2.22. The van der Waals surface area contributed by atoms with Crippen LogP contribution in [0.3, 0.4) is 0 Å². The Kier molecular flexibility index (Phi) is 5.96. The van der Waals surface area contributed by atoms with Crippen LogP contribution < -0.4 is 4.72 Å². The molecule has 1 aromatic heterocycles. The Balaban J connectivity index is 1.73. The van der Waals surface area contributed by atoms with Gasteiger partial charge in [0, 0.05) is 25.5 Å². The highest BCUT2D eigenvalue weighted by atomic mass is 32.2. The zero-order valence-electron chi connectivity index (χ0n) is 17.7. The van der Waals surface area contributed by atoms with Gasteiger partial charge in [-0.3, -0.25) is 0 Å². The van der Waals surface area contributed by atoms with Gasteiger partial charge in [0.05, 0.1) is 11.2 Å². The Morgan fingerprint density at radius 2 is 1.59 bits per heavy atom. The van der Waals surface area contributed by atoms with Crippen LogP contribution in [0.15, 0.2) is 60.0 Å². The summed E-state index contributed by atoms with van der Waals surface area (Å²) in [5.74, 6) is 0. The normalized spacial score (nSPS) is 12.3. The van der Waals surface area contributed by atoms with Crippen molar-refractivity contribution in [3.8, 4) is 0 Å². The smallest absolute Gasteiger partial charge is 0.241 e. The van der Waals surface area contributed by atoms with Crippen LogP contribution in [0, 0.1) is 13.8 Å². The first-order chi connectivity index (χ1) is 13.6. The van der Waals surface area contributed by atoms with E-state index in [4.69, 9.17) is 0 Å². The number of imidazole rings is 1. The lowest BCUT2D eigenvalue weighted by molar-refractivity contribution is 0.575. The third-order valence-electron chi connectivity index (χ3n) is 5.01. The maximum atomic E-state index is 13.0. The van der Waals surface area contributed by atoms with Gasteiger partial charge in [-0.15, -0.1) is 0 Å². The highest BCUT2D eigenvalue weighted by Crippen LogP contribution is 2.29. The van der Waals surface area contributed by atoms with Crippen LogP contribution in [0.4, 0.5) is 0 Å². The fraction of sp³-hybridized carbons (Fsp3) is 0.348. The molecule has 0 aliphatic carbocycles. The third-order valence-corrected chi connectivity index (χ3v) is 6.71. The van der Waals surface area contributed by atoms with Gasteiger partial charge in [-0.05, 0) is 47.1 Å². The van der Waals surface area contributed by atoms with Gasteiger partial charge < -0.3 is 4.57 Å². The van der Waals surface area contributed by atoms with Gasteiger partial charge in [-0.2, -0.15) is 0 Å². The molecule has 0 amide bonds. The second-order valence-electron chi connectivity index (χ2n) is 8.57. The van der Waals surface area contributed by atoms with Crippen molar-refractivity contribution in [3.63, 3.8) is 0 Å². The van der Waals surface area contributed by atoms with Crippen LogP contribution in [-0.4, -0.2) is 18.0 Å². The van der Waals surface area contributed by atoms with E-state index >= 15 is 0 Å². The number of benzene rings is 2. The van der Waals surface area contributed by atoms with E-state index < -0.39 is 10.0 Å². The van der Waals surface area contributed by atoms with Crippen molar-refractivity contribution in [1.82, 2.24) is 14.3 Å². The lowest BCUT2D eigenvalue weighted by Crippen LogP contribution is -2.25. The highest BCUT2D eigenvalue weighted by Gasteiger charge is 2.23. The molecule has 0 bridgehead atoms. The van der Waals surface area contributed by atoms with E-state index in [-0.39, 0.29) is 12.0 Å². The third kappa shape index (κ3) is 5.14. The topological polar surface area (TPSA) is 64.0 Å². The Hall–Kier alpha value is -2.44. The fourth-order valence-corrected chi connectivity index (χ4v) is 4.88. The molecule has 154 valence electrons. The summed E-state index contributed by atoms with van der Waals surface area (Å²) in [6.45, 7) is 11.1. The van der Waals surface area contributed by atoms with Gasteiger partial charge in [-0.25, -0.2) is 18.1 Å². The molecule has 0 unspecified atom stereocenters. The molecule has 6 heteroatoms. The van der Waals surface area contributed by atoms with Gasteiger partial charge in [0.25, 0.3) is 0 Å². The van der Waals surface area contributed by atoms with Gasteiger partial charge in [0.1, 0.15) is 0 Å². The molecule has 3 aromatic rings. The molecule has 29 heavy (non-hydrogen) atoms. The second-order valence-corrected chi connectivity index (χ2v) is 10.3. The van der Waals surface area contributed by atoms with E-state index in [1.807, 2.05) is 61.0 Å². The first-order valence-corrected chi connectivity index (χ1v) is 11.2. The summed E-state index contributed by atoms with van der Waals surface area (Å²) < 4.78 is 30.7. The number of nitrogens with zero attached hydrogens (tertiary/aromatic N) is 2. The van der Waals surface area contributed by atoms with E-state index in [0.717, 1.165) is 34.4 Å². The maximum Gasteiger partial charge on any atom is 0.241 e. The van der Waals surface area contributed by atoms with E-state index in [9.17, 15) is 8.42 Å². The monoisotopic (exact) mass is 411 g/mol. The molecule has 0 saturated heterocycles. The molecule has 0 spiro atoms. The molecule has 0 saturated carbocycles. The first-order valence-electron chi connectivity index (χ1n) is 9.71. The summed E-state index contributed by atoms with van der Waals surface area (Å²) >= 11 is 0. The maximum absolute atomic E-state index is 13.0. The summed E-state index contributed by atoms with van der Waals surface area (Å²) in [5, 5.41) is 0. The molecule has 5 nitrogen and oxygen atoms in total. The van der Waals surface area contributed by atoms with Crippen molar-refractivity contribution < 1.29 is 8.42 Å². The van der Waals surface area contributed by atoms with Crippen molar-refractivity contribution in [1.29, 1.82) is 0 Å². The standard InChI is InChI=1S/C23H29N3O2S/c1-17-12-21(23(3,4)5)13-18(2)22(17)29(27,28)25-14-19-6-8-20(9-7-19)15-26-11-10-24-16-26/h6-13,16,25H,14-15H2,1-5H3. The molecule has 0 fully saturated rings. The summed E-state index contributed by atoms with van der Waals surface area (Å²) in [6.07, 6.45) is 5.44. The fourth-order valence-electron chi connectivity index (χ4n) is 3.41. The SMILES string of the molecule is Cc1cc(C(C)(C)C)cc(C)c1S(=O)(=O)NCc1ccc(Cn2ccnc2)cc1. The van der Waals surface area contributed by atoms with Gasteiger partial charge in [0.2, 0.25) is 10.0 Å². The van der Waals surface area contributed by atoms with E-state index in [2.05, 4.69) is 30.5 Å². The number of hydrogen-bond acceptors (Lipinski definition) is 3. The predicted octanol–water partition coefficient (Wildman–Crippen LogP) is 4.32. The van der Waals surface area contributed by atoms with Crippen LogP contribution in [0.2, 0.25) is 0 Å². The van der Waals surface area contributed by atoms with Crippen molar-refractivity contribution in [3.05, 3.63) is 82.9 Å². The predicted molar refractivity (Wildman–Crippen MR) is 116 cm³/mol. The van der Waals surface area contributed by atoms with Gasteiger partial charge >= 0.3 is 0 Å². The minimum atomic E-state index is -3.60. The van der Waals surface area contributed by atoms with E-state index in [0.29, 0.717) is 4.90 Å². The quantitative estimate of drug-likeness (QED) is 0.657. The number of aryl methyl sites for hydroxylation is 2. The summed E-state index contributed by atoms with van der Waals surface area (Å²) in [5.41, 5.74) is 4.73. The number of nitrogens with one attached hydrogen (secondary N) is 1. The van der Waals surface area contributed by atoms with Gasteiger partial charge in [0.15, 0.2) is 0 Å². The lowest BCUT2D eigenvalue weighted by atomic mass is 9.85.